The monoisotopic (exact) mass is 325 g/mol. The summed E-state index contributed by atoms with van der Waals surface area (Å²) in [4.78, 5) is 26.2. The number of benzene rings is 1. The summed E-state index contributed by atoms with van der Waals surface area (Å²) in [7, 11) is 0. The smallest absolute Gasteiger partial charge is 0.336 e. The zero-order chi connectivity index (χ0) is 16.7. The molecule has 0 radical (unpaired) electrons. The van der Waals surface area contributed by atoms with Crippen LogP contribution in [0, 0.1) is 5.92 Å². The van der Waals surface area contributed by atoms with Gasteiger partial charge in [-0.05, 0) is 42.4 Å². The number of carbonyl (C=O) groups is 1. The summed E-state index contributed by atoms with van der Waals surface area (Å²) in [6, 6.07) is 8.10. The Balaban J connectivity index is 1.68. The lowest BCUT2D eigenvalue weighted by Gasteiger charge is -2.35. The highest BCUT2D eigenvalue weighted by Crippen LogP contribution is 2.39. The third-order valence-corrected chi connectivity index (χ3v) is 5.43. The van der Waals surface area contributed by atoms with Crippen molar-refractivity contribution in [3.63, 3.8) is 0 Å². The van der Waals surface area contributed by atoms with E-state index in [9.17, 15) is 9.59 Å². The number of aryl methyl sites for hydroxylation is 1. The minimum atomic E-state index is -0.290. The number of ketones is 1. The molecule has 1 aromatic heterocycles. The zero-order valence-electron chi connectivity index (χ0n) is 14.1. The van der Waals surface area contributed by atoms with Gasteiger partial charge in [0.05, 0.1) is 0 Å². The number of rotatable bonds is 4. The fraction of sp³-hybridized carbons (Fsp3) is 0.500. The van der Waals surface area contributed by atoms with E-state index in [0.717, 1.165) is 30.5 Å². The first kappa shape index (κ1) is 15.6. The summed E-state index contributed by atoms with van der Waals surface area (Å²) in [6.45, 7) is 3.62. The number of hydrogen-bond donors (Lipinski definition) is 0. The molecule has 1 unspecified atom stereocenters. The molecule has 2 fully saturated rings. The van der Waals surface area contributed by atoms with Gasteiger partial charge in [0.25, 0.3) is 0 Å². The molecule has 1 atom stereocenters. The molecule has 1 saturated heterocycles. The van der Waals surface area contributed by atoms with E-state index in [1.807, 2.05) is 6.07 Å². The molecule has 1 saturated carbocycles. The van der Waals surface area contributed by atoms with Crippen LogP contribution in [0.2, 0.25) is 0 Å². The van der Waals surface area contributed by atoms with Gasteiger partial charge in [-0.25, -0.2) is 4.79 Å². The first-order valence-corrected chi connectivity index (χ1v) is 8.95. The van der Waals surface area contributed by atoms with Crippen molar-refractivity contribution in [3.05, 3.63) is 45.8 Å². The second-order valence-electron chi connectivity index (χ2n) is 7.14. The SMILES string of the molecule is CCc1ccc2c(CN3CCC(=O)CC3C3CC3)cc(=O)oc2c1. The van der Waals surface area contributed by atoms with Crippen LogP contribution in [-0.4, -0.2) is 23.3 Å². The molecule has 1 aliphatic heterocycles. The topological polar surface area (TPSA) is 50.5 Å². The van der Waals surface area contributed by atoms with E-state index >= 15 is 0 Å². The molecule has 126 valence electrons. The lowest BCUT2D eigenvalue weighted by Crippen LogP contribution is -2.43. The Labute approximate surface area is 141 Å². The van der Waals surface area contributed by atoms with Gasteiger partial charge >= 0.3 is 5.63 Å². The average Bonchev–Trinajstić information content (AvgIpc) is 3.40. The van der Waals surface area contributed by atoms with Crippen molar-refractivity contribution in [2.75, 3.05) is 6.54 Å². The maximum atomic E-state index is 12.0. The van der Waals surface area contributed by atoms with Crippen LogP contribution in [0.1, 0.15) is 43.7 Å². The van der Waals surface area contributed by atoms with E-state index in [-0.39, 0.29) is 5.63 Å². The highest BCUT2D eigenvalue weighted by Gasteiger charge is 2.38. The molecule has 24 heavy (non-hydrogen) atoms. The Kier molecular flexibility index (Phi) is 4.01. The van der Waals surface area contributed by atoms with Crippen molar-refractivity contribution < 1.29 is 9.21 Å². The van der Waals surface area contributed by atoms with Gasteiger partial charge in [-0.15, -0.1) is 0 Å². The largest absolute Gasteiger partial charge is 0.423 e. The van der Waals surface area contributed by atoms with Crippen molar-refractivity contribution >= 4 is 16.8 Å². The van der Waals surface area contributed by atoms with Gasteiger partial charge in [0.15, 0.2) is 0 Å². The summed E-state index contributed by atoms with van der Waals surface area (Å²) in [5, 5.41) is 1.01. The van der Waals surface area contributed by atoms with Crippen molar-refractivity contribution in [2.24, 2.45) is 5.92 Å². The summed E-state index contributed by atoms with van der Waals surface area (Å²) in [5.74, 6) is 1.04. The van der Waals surface area contributed by atoms with Gasteiger partial charge in [-0.1, -0.05) is 19.1 Å². The Hall–Kier alpha value is -1.94. The minimum absolute atomic E-state index is 0.290. The van der Waals surface area contributed by atoms with Crippen LogP contribution in [0.5, 0.6) is 0 Å². The quantitative estimate of drug-likeness (QED) is 0.809. The highest BCUT2D eigenvalue weighted by molar-refractivity contribution is 5.81. The number of carbonyl (C=O) groups excluding carboxylic acids is 1. The van der Waals surface area contributed by atoms with Gasteiger partial charge in [-0.2, -0.15) is 0 Å². The maximum Gasteiger partial charge on any atom is 0.336 e. The maximum absolute atomic E-state index is 12.0. The first-order chi connectivity index (χ1) is 11.6. The summed E-state index contributed by atoms with van der Waals surface area (Å²) in [6.07, 6.45) is 4.67. The molecule has 4 heteroatoms. The molecule has 4 nitrogen and oxygen atoms in total. The average molecular weight is 325 g/mol. The van der Waals surface area contributed by atoms with E-state index in [2.05, 4.69) is 24.0 Å². The van der Waals surface area contributed by atoms with Crippen molar-refractivity contribution in [1.29, 1.82) is 0 Å². The van der Waals surface area contributed by atoms with Gasteiger partial charge in [0, 0.05) is 43.4 Å². The van der Waals surface area contributed by atoms with E-state index in [1.54, 1.807) is 6.07 Å². The second kappa shape index (κ2) is 6.17. The highest BCUT2D eigenvalue weighted by atomic mass is 16.4. The molecule has 0 N–H and O–H groups in total. The second-order valence-corrected chi connectivity index (χ2v) is 7.14. The lowest BCUT2D eigenvalue weighted by molar-refractivity contribution is -0.123. The van der Waals surface area contributed by atoms with Crippen molar-refractivity contribution in [2.45, 2.75) is 51.6 Å². The Morgan fingerprint density at radius 1 is 1.21 bits per heavy atom. The third kappa shape index (κ3) is 3.03. The number of likely N-dealkylation sites (tertiary alicyclic amines) is 1. The molecule has 0 amide bonds. The summed E-state index contributed by atoms with van der Waals surface area (Å²) < 4.78 is 5.41. The zero-order valence-corrected chi connectivity index (χ0v) is 14.1. The summed E-state index contributed by atoms with van der Waals surface area (Å²) in [5.41, 5.74) is 2.57. The summed E-state index contributed by atoms with van der Waals surface area (Å²) >= 11 is 0. The van der Waals surface area contributed by atoms with Gasteiger partial charge in [0.2, 0.25) is 0 Å². The molecule has 2 aromatic rings. The fourth-order valence-electron chi connectivity index (χ4n) is 3.88. The molecule has 4 rings (SSSR count). The Morgan fingerprint density at radius 2 is 2.04 bits per heavy atom. The molecule has 0 spiro atoms. The van der Waals surface area contributed by atoms with E-state index in [1.165, 1.54) is 18.4 Å². The normalized spacial score (nSPS) is 22.2. The number of nitrogens with zero attached hydrogens (tertiary/aromatic N) is 1. The molecule has 1 aliphatic carbocycles. The van der Waals surface area contributed by atoms with Gasteiger partial charge in [-0.3, -0.25) is 9.69 Å². The molecule has 2 heterocycles. The fourth-order valence-corrected chi connectivity index (χ4v) is 3.88. The number of piperidine rings is 1. The molecular weight excluding hydrogens is 302 g/mol. The standard InChI is InChI=1S/C20H23NO3/c1-2-13-3-6-17-15(10-20(23)24-19(17)9-13)12-21-8-7-16(22)11-18(21)14-4-5-14/h3,6,9-10,14,18H,2,4-5,7-8,11-12H2,1H3. The third-order valence-electron chi connectivity index (χ3n) is 5.43. The van der Waals surface area contributed by atoms with Crippen LogP contribution in [-0.2, 0) is 17.8 Å². The van der Waals surface area contributed by atoms with Crippen LogP contribution < -0.4 is 5.63 Å². The van der Waals surface area contributed by atoms with Crippen LogP contribution >= 0.6 is 0 Å². The van der Waals surface area contributed by atoms with E-state index in [4.69, 9.17) is 4.42 Å². The molecule has 0 bridgehead atoms. The Morgan fingerprint density at radius 3 is 2.79 bits per heavy atom. The van der Waals surface area contributed by atoms with Crippen LogP contribution in [0.4, 0.5) is 0 Å². The molecular formula is C20H23NO3. The number of Topliss-reactive ketones (excluding diaryl/α,β-unsaturated/α-hetero) is 1. The number of hydrogen-bond acceptors (Lipinski definition) is 4. The van der Waals surface area contributed by atoms with Gasteiger partial charge in [0.1, 0.15) is 11.4 Å². The predicted molar refractivity (Wildman–Crippen MR) is 93.0 cm³/mol. The van der Waals surface area contributed by atoms with Crippen LogP contribution in [0.25, 0.3) is 11.0 Å². The minimum Gasteiger partial charge on any atom is -0.423 e. The Bertz CT molecular complexity index is 834. The van der Waals surface area contributed by atoms with Crippen molar-refractivity contribution in [1.82, 2.24) is 4.90 Å². The molecule has 2 aliphatic rings. The van der Waals surface area contributed by atoms with E-state index < -0.39 is 0 Å². The molecule has 1 aromatic carbocycles. The van der Waals surface area contributed by atoms with Crippen LogP contribution in [0.15, 0.2) is 33.5 Å². The first-order valence-electron chi connectivity index (χ1n) is 8.95. The van der Waals surface area contributed by atoms with E-state index in [0.29, 0.717) is 36.2 Å². The predicted octanol–water partition coefficient (Wildman–Crippen LogP) is 3.30. The number of fused-ring (bicyclic) bond motifs is 1. The lowest BCUT2D eigenvalue weighted by atomic mass is 9.96. The van der Waals surface area contributed by atoms with Gasteiger partial charge < -0.3 is 4.42 Å². The van der Waals surface area contributed by atoms with Crippen LogP contribution in [0.3, 0.4) is 0 Å². The van der Waals surface area contributed by atoms with Crippen molar-refractivity contribution in [3.8, 4) is 0 Å².